The van der Waals surface area contributed by atoms with E-state index in [2.05, 4.69) is 41.4 Å². The maximum absolute atomic E-state index is 5.59. The summed E-state index contributed by atoms with van der Waals surface area (Å²) in [5, 5.41) is 7.51. The lowest BCUT2D eigenvalue weighted by atomic mass is 10.1. The lowest BCUT2D eigenvalue weighted by Gasteiger charge is -2.12. The van der Waals surface area contributed by atoms with Crippen LogP contribution in [0.3, 0.4) is 0 Å². The van der Waals surface area contributed by atoms with Gasteiger partial charge in [-0.15, -0.1) is 5.10 Å². The molecule has 0 bridgehead atoms. The Bertz CT molecular complexity index is 522. The first-order valence-electron chi connectivity index (χ1n) is 6.44. The lowest BCUT2D eigenvalue weighted by Crippen LogP contribution is -2.22. The van der Waals surface area contributed by atoms with Crippen molar-refractivity contribution in [2.45, 2.75) is 33.0 Å². The predicted octanol–water partition coefficient (Wildman–Crippen LogP) is 1.89. The largest absolute Gasteiger partial charge is 0.458 e. The van der Waals surface area contributed by atoms with Crippen LogP contribution in [-0.4, -0.2) is 20.8 Å². The van der Waals surface area contributed by atoms with Gasteiger partial charge in [0.05, 0.1) is 0 Å². The van der Waals surface area contributed by atoms with Gasteiger partial charge in [-0.2, -0.15) is 4.98 Å². The third kappa shape index (κ3) is 4.06. The zero-order valence-corrected chi connectivity index (χ0v) is 11.6. The van der Waals surface area contributed by atoms with Crippen molar-refractivity contribution in [3.05, 3.63) is 41.7 Å². The first kappa shape index (κ1) is 13.5. The van der Waals surface area contributed by atoms with Crippen molar-refractivity contribution in [2.24, 2.45) is 7.05 Å². The first-order chi connectivity index (χ1) is 9.15. The topological polar surface area (TPSA) is 52.0 Å². The van der Waals surface area contributed by atoms with Gasteiger partial charge in [0, 0.05) is 19.6 Å². The van der Waals surface area contributed by atoms with E-state index < -0.39 is 0 Å². The number of nitrogens with one attached hydrogen (secondary N) is 1. The fourth-order valence-corrected chi connectivity index (χ4v) is 1.71. The molecule has 0 atom stereocenters. The van der Waals surface area contributed by atoms with Crippen LogP contribution >= 0.6 is 0 Å². The van der Waals surface area contributed by atoms with Crippen molar-refractivity contribution in [1.82, 2.24) is 20.1 Å². The number of benzene rings is 1. The zero-order chi connectivity index (χ0) is 13.7. The van der Waals surface area contributed by atoms with Gasteiger partial charge < -0.3 is 10.1 Å². The molecule has 1 aromatic heterocycles. The molecule has 19 heavy (non-hydrogen) atoms. The van der Waals surface area contributed by atoms with Crippen LogP contribution in [0.15, 0.2) is 30.6 Å². The summed E-state index contributed by atoms with van der Waals surface area (Å²) in [7, 11) is 1.82. The minimum atomic E-state index is 0.411. The number of rotatable bonds is 6. The molecule has 5 nitrogen and oxygen atoms in total. The van der Waals surface area contributed by atoms with Gasteiger partial charge in [-0.05, 0) is 11.1 Å². The Hall–Kier alpha value is -1.88. The van der Waals surface area contributed by atoms with Crippen LogP contribution in [0.1, 0.15) is 25.0 Å². The van der Waals surface area contributed by atoms with E-state index in [1.807, 2.05) is 19.2 Å². The van der Waals surface area contributed by atoms with E-state index in [1.54, 1.807) is 11.0 Å². The highest BCUT2D eigenvalue weighted by molar-refractivity contribution is 5.26. The summed E-state index contributed by atoms with van der Waals surface area (Å²) < 4.78 is 7.22. The van der Waals surface area contributed by atoms with Crippen LogP contribution in [0, 0.1) is 0 Å². The van der Waals surface area contributed by atoms with Gasteiger partial charge in [-0.3, -0.25) is 4.68 Å². The van der Waals surface area contributed by atoms with Gasteiger partial charge in [0.1, 0.15) is 12.9 Å². The molecule has 0 radical (unpaired) electrons. The predicted molar refractivity (Wildman–Crippen MR) is 73.8 cm³/mol. The normalized spacial score (nSPS) is 10.9. The Morgan fingerprint density at radius 3 is 2.63 bits per heavy atom. The molecule has 0 unspecified atom stereocenters. The maximum atomic E-state index is 5.59. The molecule has 1 heterocycles. The zero-order valence-electron chi connectivity index (χ0n) is 11.6. The van der Waals surface area contributed by atoms with Crippen LogP contribution < -0.4 is 10.1 Å². The number of aryl methyl sites for hydroxylation is 1. The maximum Gasteiger partial charge on any atom is 0.335 e. The Kier molecular flexibility index (Phi) is 4.52. The van der Waals surface area contributed by atoms with Crippen molar-refractivity contribution in [3.8, 4) is 6.01 Å². The van der Waals surface area contributed by atoms with Gasteiger partial charge in [0.15, 0.2) is 0 Å². The quantitative estimate of drug-likeness (QED) is 0.861. The van der Waals surface area contributed by atoms with E-state index in [9.17, 15) is 0 Å². The summed E-state index contributed by atoms with van der Waals surface area (Å²) in [6, 6.07) is 9.12. The van der Waals surface area contributed by atoms with Gasteiger partial charge in [-0.1, -0.05) is 38.1 Å². The van der Waals surface area contributed by atoms with E-state index in [4.69, 9.17) is 4.74 Å². The SMILES string of the molecule is CC(C)NCc1ccccc1COc1ncn(C)n1. The van der Waals surface area contributed by atoms with Gasteiger partial charge in [-0.25, -0.2) is 0 Å². The van der Waals surface area contributed by atoms with Gasteiger partial charge >= 0.3 is 6.01 Å². The molecule has 0 amide bonds. The van der Waals surface area contributed by atoms with E-state index in [0.717, 1.165) is 12.1 Å². The molecule has 2 aromatic rings. The molecule has 0 aliphatic carbocycles. The standard InChI is InChI=1S/C14H20N4O/c1-11(2)15-8-12-6-4-5-7-13(12)9-19-14-16-10-18(3)17-14/h4-7,10-11,15H,8-9H2,1-3H3. The summed E-state index contributed by atoms with van der Waals surface area (Å²) in [6.07, 6.45) is 1.63. The van der Waals surface area contributed by atoms with Crippen molar-refractivity contribution in [3.63, 3.8) is 0 Å². The molecule has 0 saturated carbocycles. The second-order valence-electron chi connectivity index (χ2n) is 4.79. The Morgan fingerprint density at radius 1 is 1.26 bits per heavy atom. The lowest BCUT2D eigenvalue weighted by molar-refractivity contribution is 0.278. The molecular weight excluding hydrogens is 240 g/mol. The number of hydrogen-bond acceptors (Lipinski definition) is 4. The first-order valence-corrected chi connectivity index (χ1v) is 6.44. The molecule has 0 fully saturated rings. The Balaban J connectivity index is 1.99. The average molecular weight is 260 g/mol. The molecule has 0 aliphatic heterocycles. The summed E-state index contributed by atoms with van der Waals surface area (Å²) in [4.78, 5) is 4.05. The molecule has 5 heteroatoms. The van der Waals surface area contributed by atoms with Crippen LogP contribution in [0.2, 0.25) is 0 Å². The van der Waals surface area contributed by atoms with Gasteiger partial charge in [0.2, 0.25) is 0 Å². The summed E-state index contributed by atoms with van der Waals surface area (Å²) in [5.74, 6) is 0. The minimum Gasteiger partial charge on any atom is -0.458 e. The third-order valence-electron chi connectivity index (χ3n) is 2.75. The number of aromatic nitrogens is 3. The van der Waals surface area contributed by atoms with E-state index in [1.165, 1.54) is 5.56 Å². The van der Waals surface area contributed by atoms with Crippen molar-refractivity contribution in [1.29, 1.82) is 0 Å². The molecule has 1 aromatic carbocycles. The monoisotopic (exact) mass is 260 g/mol. The van der Waals surface area contributed by atoms with Crippen molar-refractivity contribution >= 4 is 0 Å². The van der Waals surface area contributed by atoms with Crippen LogP contribution in [0.25, 0.3) is 0 Å². The fourth-order valence-electron chi connectivity index (χ4n) is 1.71. The number of hydrogen-bond donors (Lipinski definition) is 1. The minimum absolute atomic E-state index is 0.411. The molecule has 0 saturated heterocycles. The van der Waals surface area contributed by atoms with Crippen LogP contribution in [0.4, 0.5) is 0 Å². The van der Waals surface area contributed by atoms with Crippen LogP contribution in [-0.2, 0) is 20.2 Å². The molecule has 0 aliphatic rings. The highest BCUT2D eigenvalue weighted by atomic mass is 16.5. The fraction of sp³-hybridized carbons (Fsp3) is 0.429. The van der Waals surface area contributed by atoms with Crippen molar-refractivity contribution < 1.29 is 4.74 Å². The average Bonchev–Trinajstić information content (AvgIpc) is 2.80. The smallest absolute Gasteiger partial charge is 0.335 e. The third-order valence-corrected chi connectivity index (χ3v) is 2.75. The molecule has 2 rings (SSSR count). The van der Waals surface area contributed by atoms with E-state index >= 15 is 0 Å². The Labute approximate surface area is 113 Å². The second-order valence-corrected chi connectivity index (χ2v) is 4.79. The van der Waals surface area contributed by atoms with E-state index in [-0.39, 0.29) is 0 Å². The molecular formula is C14H20N4O. The van der Waals surface area contributed by atoms with Gasteiger partial charge in [0.25, 0.3) is 0 Å². The second kappa shape index (κ2) is 6.33. The molecule has 1 N–H and O–H groups in total. The molecule has 0 spiro atoms. The number of ether oxygens (including phenoxy) is 1. The summed E-state index contributed by atoms with van der Waals surface area (Å²) in [5.41, 5.74) is 2.40. The number of nitrogens with zero attached hydrogens (tertiary/aromatic N) is 3. The summed E-state index contributed by atoms with van der Waals surface area (Å²) >= 11 is 0. The highest BCUT2D eigenvalue weighted by Gasteiger charge is 2.05. The highest BCUT2D eigenvalue weighted by Crippen LogP contribution is 2.11. The van der Waals surface area contributed by atoms with E-state index in [0.29, 0.717) is 18.7 Å². The molecule has 102 valence electrons. The van der Waals surface area contributed by atoms with Crippen molar-refractivity contribution in [2.75, 3.05) is 0 Å². The Morgan fingerprint density at radius 2 is 2.00 bits per heavy atom. The van der Waals surface area contributed by atoms with Crippen LogP contribution in [0.5, 0.6) is 6.01 Å². The summed E-state index contributed by atoms with van der Waals surface area (Å²) in [6.45, 7) is 5.60.